The van der Waals surface area contributed by atoms with Crippen LogP contribution >= 0.6 is 0 Å². The summed E-state index contributed by atoms with van der Waals surface area (Å²) < 4.78 is 16.0. The van der Waals surface area contributed by atoms with Gasteiger partial charge in [0, 0.05) is 24.2 Å². The molecular formula is C16H25NO3. The van der Waals surface area contributed by atoms with Gasteiger partial charge in [-0.15, -0.1) is 0 Å². The molecule has 0 amide bonds. The zero-order chi connectivity index (χ0) is 15.2. The maximum atomic E-state index is 5.40. The summed E-state index contributed by atoms with van der Waals surface area (Å²) in [6.07, 6.45) is 4.05. The average molecular weight is 279 g/mol. The van der Waals surface area contributed by atoms with Crippen molar-refractivity contribution in [3.63, 3.8) is 0 Å². The fraction of sp³-hybridized carbons (Fsp3) is 0.500. The van der Waals surface area contributed by atoms with Crippen LogP contribution < -0.4 is 19.5 Å². The van der Waals surface area contributed by atoms with Crippen LogP contribution in [0.1, 0.15) is 26.3 Å². The molecule has 0 bridgehead atoms. The first-order chi connectivity index (χ1) is 9.41. The molecule has 0 aromatic heterocycles. The van der Waals surface area contributed by atoms with E-state index in [0.717, 1.165) is 23.6 Å². The van der Waals surface area contributed by atoms with Crippen LogP contribution in [0.5, 0.6) is 17.2 Å². The molecule has 4 nitrogen and oxygen atoms in total. The van der Waals surface area contributed by atoms with Crippen molar-refractivity contribution < 1.29 is 14.2 Å². The summed E-state index contributed by atoms with van der Waals surface area (Å²) in [5.41, 5.74) is 1.00. The van der Waals surface area contributed by atoms with Gasteiger partial charge in [0.25, 0.3) is 0 Å². The average Bonchev–Trinajstić information content (AvgIpc) is 2.41. The number of hydrogen-bond donors (Lipinski definition) is 1. The van der Waals surface area contributed by atoms with Crippen molar-refractivity contribution in [2.75, 3.05) is 27.9 Å². The molecule has 1 aromatic rings. The lowest BCUT2D eigenvalue weighted by atomic mass is 10.1. The molecule has 0 atom stereocenters. The molecule has 0 aliphatic heterocycles. The van der Waals surface area contributed by atoms with Crippen LogP contribution in [0.15, 0.2) is 18.2 Å². The molecule has 1 rings (SSSR count). The minimum Gasteiger partial charge on any atom is -0.496 e. The molecule has 0 fully saturated rings. The van der Waals surface area contributed by atoms with Crippen molar-refractivity contribution in [1.82, 2.24) is 5.32 Å². The van der Waals surface area contributed by atoms with Crippen LogP contribution in [0.25, 0.3) is 6.08 Å². The first kappa shape index (κ1) is 16.4. The number of hydrogen-bond acceptors (Lipinski definition) is 4. The van der Waals surface area contributed by atoms with Gasteiger partial charge in [-0.1, -0.05) is 12.2 Å². The van der Waals surface area contributed by atoms with Crippen molar-refractivity contribution in [2.24, 2.45) is 0 Å². The Balaban J connectivity index is 2.95. The molecule has 4 heteroatoms. The van der Waals surface area contributed by atoms with E-state index >= 15 is 0 Å². The summed E-state index contributed by atoms with van der Waals surface area (Å²) in [5, 5.41) is 3.40. The van der Waals surface area contributed by atoms with E-state index in [1.54, 1.807) is 21.3 Å². The van der Waals surface area contributed by atoms with Gasteiger partial charge in [-0.3, -0.25) is 0 Å². The number of rotatable bonds is 6. The third-order valence-electron chi connectivity index (χ3n) is 2.79. The Morgan fingerprint density at radius 2 is 1.55 bits per heavy atom. The molecule has 1 N–H and O–H groups in total. The van der Waals surface area contributed by atoms with E-state index in [4.69, 9.17) is 14.2 Å². The van der Waals surface area contributed by atoms with Crippen LogP contribution in [0.4, 0.5) is 0 Å². The molecule has 0 aliphatic carbocycles. The Kier molecular flexibility index (Phi) is 5.89. The van der Waals surface area contributed by atoms with Gasteiger partial charge in [-0.05, 0) is 20.8 Å². The summed E-state index contributed by atoms with van der Waals surface area (Å²) in [5.74, 6) is 2.17. The molecule has 0 aliphatic rings. The van der Waals surface area contributed by atoms with Gasteiger partial charge in [0.2, 0.25) is 0 Å². The molecule has 0 radical (unpaired) electrons. The SMILES string of the molecule is COc1cc(OC)c(C=CCNC(C)(C)C)c(OC)c1. The summed E-state index contributed by atoms with van der Waals surface area (Å²) in [7, 11) is 4.90. The minimum absolute atomic E-state index is 0.0957. The van der Waals surface area contributed by atoms with Gasteiger partial charge in [0.1, 0.15) is 17.2 Å². The quantitative estimate of drug-likeness (QED) is 0.868. The Hall–Kier alpha value is -1.68. The summed E-state index contributed by atoms with van der Waals surface area (Å²) in [6.45, 7) is 7.18. The Morgan fingerprint density at radius 3 is 1.95 bits per heavy atom. The summed E-state index contributed by atoms with van der Waals surface area (Å²) in [6, 6.07) is 3.69. The normalized spacial score (nSPS) is 11.7. The highest BCUT2D eigenvalue weighted by atomic mass is 16.5. The Labute approximate surface area is 121 Å². The third kappa shape index (κ3) is 4.78. The van der Waals surface area contributed by atoms with Gasteiger partial charge in [0.15, 0.2) is 0 Å². The smallest absolute Gasteiger partial charge is 0.133 e. The van der Waals surface area contributed by atoms with E-state index in [1.165, 1.54) is 0 Å². The highest BCUT2D eigenvalue weighted by molar-refractivity contribution is 5.66. The van der Waals surface area contributed by atoms with E-state index in [1.807, 2.05) is 18.2 Å². The zero-order valence-corrected chi connectivity index (χ0v) is 13.2. The van der Waals surface area contributed by atoms with E-state index in [0.29, 0.717) is 5.75 Å². The maximum Gasteiger partial charge on any atom is 0.133 e. The molecule has 0 saturated heterocycles. The lowest BCUT2D eigenvalue weighted by molar-refractivity contribution is 0.374. The second kappa shape index (κ2) is 7.20. The highest BCUT2D eigenvalue weighted by Crippen LogP contribution is 2.34. The second-order valence-corrected chi connectivity index (χ2v) is 5.48. The number of benzene rings is 1. The topological polar surface area (TPSA) is 39.7 Å². The lowest BCUT2D eigenvalue weighted by Gasteiger charge is -2.19. The van der Waals surface area contributed by atoms with Gasteiger partial charge in [-0.2, -0.15) is 0 Å². The van der Waals surface area contributed by atoms with Crippen molar-refractivity contribution in [3.05, 3.63) is 23.8 Å². The van der Waals surface area contributed by atoms with Crippen LogP contribution in [0.2, 0.25) is 0 Å². The molecular weight excluding hydrogens is 254 g/mol. The van der Waals surface area contributed by atoms with Crippen LogP contribution in [-0.2, 0) is 0 Å². The first-order valence-corrected chi connectivity index (χ1v) is 6.63. The summed E-state index contributed by atoms with van der Waals surface area (Å²) >= 11 is 0. The largest absolute Gasteiger partial charge is 0.496 e. The monoisotopic (exact) mass is 279 g/mol. The standard InChI is InChI=1S/C16H25NO3/c1-16(2,3)17-9-7-8-13-14(19-5)10-12(18-4)11-15(13)20-6/h7-8,10-11,17H,9H2,1-6H3. The fourth-order valence-corrected chi connectivity index (χ4v) is 1.74. The van der Waals surface area contributed by atoms with E-state index < -0.39 is 0 Å². The van der Waals surface area contributed by atoms with E-state index in [-0.39, 0.29) is 5.54 Å². The van der Waals surface area contributed by atoms with Gasteiger partial charge in [-0.25, -0.2) is 0 Å². The first-order valence-electron chi connectivity index (χ1n) is 6.63. The van der Waals surface area contributed by atoms with E-state index in [9.17, 15) is 0 Å². The summed E-state index contributed by atoms with van der Waals surface area (Å²) in [4.78, 5) is 0. The minimum atomic E-state index is 0.0957. The predicted octanol–water partition coefficient (Wildman–Crippen LogP) is 3.11. The van der Waals surface area contributed by atoms with Crippen LogP contribution in [0, 0.1) is 0 Å². The van der Waals surface area contributed by atoms with Crippen molar-refractivity contribution in [1.29, 1.82) is 0 Å². The van der Waals surface area contributed by atoms with Gasteiger partial charge < -0.3 is 19.5 Å². The lowest BCUT2D eigenvalue weighted by Crippen LogP contribution is -2.35. The fourth-order valence-electron chi connectivity index (χ4n) is 1.74. The number of ether oxygens (including phenoxy) is 3. The Morgan fingerprint density at radius 1 is 1.00 bits per heavy atom. The molecule has 0 unspecified atom stereocenters. The number of nitrogens with one attached hydrogen (secondary N) is 1. The molecule has 112 valence electrons. The number of methoxy groups -OCH3 is 3. The van der Waals surface area contributed by atoms with Crippen molar-refractivity contribution in [3.8, 4) is 17.2 Å². The van der Waals surface area contributed by atoms with Gasteiger partial charge >= 0.3 is 0 Å². The third-order valence-corrected chi connectivity index (χ3v) is 2.79. The Bertz CT molecular complexity index is 436. The van der Waals surface area contributed by atoms with Crippen molar-refractivity contribution in [2.45, 2.75) is 26.3 Å². The molecule has 0 heterocycles. The highest BCUT2D eigenvalue weighted by Gasteiger charge is 2.11. The molecule has 0 spiro atoms. The molecule has 0 saturated carbocycles. The molecule has 20 heavy (non-hydrogen) atoms. The predicted molar refractivity (Wildman–Crippen MR) is 82.9 cm³/mol. The van der Waals surface area contributed by atoms with Crippen molar-refractivity contribution >= 4 is 6.08 Å². The van der Waals surface area contributed by atoms with Gasteiger partial charge in [0.05, 0.1) is 26.9 Å². The molecule has 1 aromatic carbocycles. The van der Waals surface area contributed by atoms with E-state index in [2.05, 4.69) is 32.2 Å². The van der Waals surface area contributed by atoms with Crippen LogP contribution in [0.3, 0.4) is 0 Å². The zero-order valence-electron chi connectivity index (χ0n) is 13.2. The maximum absolute atomic E-state index is 5.40. The van der Waals surface area contributed by atoms with Crippen LogP contribution in [-0.4, -0.2) is 33.4 Å². The second-order valence-electron chi connectivity index (χ2n) is 5.48.